The average Bonchev–Trinajstić information content (AvgIpc) is 2.50. The van der Waals surface area contributed by atoms with Crippen LogP contribution in [0.15, 0.2) is 0 Å². The van der Waals surface area contributed by atoms with Crippen LogP contribution in [0.5, 0.6) is 0 Å². The lowest BCUT2D eigenvalue weighted by Crippen LogP contribution is -2.56. The van der Waals surface area contributed by atoms with Crippen molar-refractivity contribution >= 4 is 6.03 Å². The average molecular weight is 301 g/mol. The van der Waals surface area contributed by atoms with Gasteiger partial charge in [-0.3, -0.25) is 4.90 Å². The molecule has 0 aliphatic carbocycles. The van der Waals surface area contributed by atoms with Crippen LogP contribution in [0.3, 0.4) is 0 Å². The van der Waals surface area contributed by atoms with Crippen LogP contribution in [0, 0.1) is 0 Å². The van der Waals surface area contributed by atoms with E-state index in [1.165, 1.54) is 0 Å². The third-order valence-electron chi connectivity index (χ3n) is 3.98. The number of unbranched alkanes of at least 4 members (excludes halogenated alkanes) is 1. The van der Waals surface area contributed by atoms with Crippen molar-refractivity contribution in [3.63, 3.8) is 0 Å². The van der Waals surface area contributed by atoms with Gasteiger partial charge in [0.2, 0.25) is 0 Å². The van der Waals surface area contributed by atoms with Crippen LogP contribution in [-0.2, 0) is 4.74 Å². The fourth-order valence-corrected chi connectivity index (χ4v) is 2.47. The molecule has 1 rings (SSSR count). The first kappa shape index (κ1) is 18.2. The molecule has 0 spiro atoms. The van der Waals surface area contributed by atoms with Gasteiger partial charge in [-0.1, -0.05) is 13.3 Å². The zero-order valence-electron chi connectivity index (χ0n) is 13.7. The van der Waals surface area contributed by atoms with Gasteiger partial charge in [-0.05, 0) is 20.3 Å². The summed E-state index contributed by atoms with van der Waals surface area (Å²) < 4.78 is 5.37. The highest BCUT2D eigenvalue weighted by Crippen LogP contribution is 2.15. The molecular formula is C15H31N3O3. The van der Waals surface area contributed by atoms with Crippen LogP contribution in [0.1, 0.15) is 33.6 Å². The van der Waals surface area contributed by atoms with E-state index in [1.807, 2.05) is 0 Å². The molecule has 1 fully saturated rings. The monoisotopic (exact) mass is 301 g/mol. The topological polar surface area (TPSA) is 65.0 Å². The maximum Gasteiger partial charge on any atom is 0.317 e. The molecule has 1 heterocycles. The molecule has 1 aliphatic rings. The zero-order chi connectivity index (χ0) is 15.7. The number of amides is 2. The Balaban J connectivity index is 2.44. The SMILES string of the molecule is CCCCN(CCO)C(=O)NCC(C)(C)N1CCOCC1. The van der Waals surface area contributed by atoms with Crippen molar-refractivity contribution in [1.29, 1.82) is 0 Å². The van der Waals surface area contributed by atoms with Crippen LogP contribution in [0.2, 0.25) is 0 Å². The molecule has 0 atom stereocenters. The number of aliphatic hydroxyl groups is 1. The van der Waals surface area contributed by atoms with E-state index in [0.29, 0.717) is 19.6 Å². The Morgan fingerprint density at radius 2 is 2.00 bits per heavy atom. The van der Waals surface area contributed by atoms with Gasteiger partial charge < -0.3 is 20.1 Å². The van der Waals surface area contributed by atoms with Gasteiger partial charge in [-0.2, -0.15) is 0 Å². The predicted molar refractivity (Wildman–Crippen MR) is 83.4 cm³/mol. The van der Waals surface area contributed by atoms with Crippen molar-refractivity contribution in [3.05, 3.63) is 0 Å². The predicted octanol–water partition coefficient (Wildman–Crippen LogP) is 0.901. The van der Waals surface area contributed by atoms with Gasteiger partial charge in [0.1, 0.15) is 0 Å². The number of hydrogen-bond acceptors (Lipinski definition) is 4. The van der Waals surface area contributed by atoms with Crippen LogP contribution in [-0.4, -0.2) is 79.0 Å². The highest BCUT2D eigenvalue weighted by Gasteiger charge is 2.29. The van der Waals surface area contributed by atoms with Crippen molar-refractivity contribution in [3.8, 4) is 0 Å². The molecular weight excluding hydrogens is 270 g/mol. The summed E-state index contributed by atoms with van der Waals surface area (Å²) in [6.45, 7) is 11.4. The number of nitrogens with zero attached hydrogens (tertiary/aromatic N) is 2. The highest BCUT2D eigenvalue weighted by molar-refractivity contribution is 5.74. The van der Waals surface area contributed by atoms with E-state index in [-0.39, 0.29) is 18.2 Å². The quantitative estimate of drug-likeness (QED) is 0.699. The Morgan fingerprint density at radius 1 is 1.33 bits per heavy atom. The van der Waals surface area contributed by atoms with Gasteiger partial charge in [-0.25, -0.2) is 4.79 Å². The van der Waals surface area contributed by atoms with Crippen LogP contribution in [0.25, 0.3) is 0 Å². The number of aliphatic hydroxyl groups excluding tert-OH is 1. The Kier molecular flexibility index (Phi) is 8.00. The summed E-state index contributed by atoms with van der Waals surface area (Å²) in [5, 5.41) is 12.1. The Labute approximate surface area is 128 Å². The molecule has 0 radical (unpaired) electrons. The van der Waals surface area contributed by atoms with Crippen molar-refractivity contribution in [2.45, 2.75) is 39.2 Å². The number of urea groups is 1. The highest BCUT2D eigenvalue weighted by atomic mass is 16.5. The summed E-state index contributed by atoms with van der Waals surface area (Å²) >= 11 is 0. The number of morpholine rings is 1. The molecule has 0 saturated carbocycles. The third-order valence-corrected chi connectivity index (χ3v) is 3.98. The minimum atomic E-state index is -0.0882. The first-order valence-electron chi connectivity index (χ1n) is 7.97. The van der Waals surface area contributed by atoms with Crippen molar-refractivity contribution in [1.82, 2.24) is 15.1 Å². The number of ether oxygens (including phenoxy) is 1. The molecule has 0 bridgehead atoms. The fourth-order valence-electron chi connectivity index (χ4n) is 2.47. The summed E-state index contributed by atoms with van der Waals surface area (Å²) in [6, 6.07) is -0.0844. The second kappa shape index (κ2) is 9.23. The fraction of sp³-hybridized carbons (Fsp3) is 0.933. The number of hydrogen-bond donors (Lipinski definition) is 2. The van der Waals surface area contributed by atoms with Crippen LogP contribution >= 0.6 is 0 Å². The Morgan fingerprint density at radius 3 is 2.57 bits per heavy atom. The van der Waals surface area contributed by atoms with Crippen LogP contribution in [0.4, 0.5) is 4.79 Å². The summed E-state index contributed by atoms with van der Waals surface area (Å²) in [7, 11) is 0. The number of carbonyl (C=O) groups is 1. The lowest BCUT2D eigenvalue weighted by Gasteiger charge is -2.41. The summed E-state index contributed by atoms with van der Waals surface area (Å²) in [6.07, 6.45) is 1.99. The van der Waals surface area contributed by atoms with Gasteiger partial charge in [0.25, 0.3) is 0 Å². The molecule has 124 valence electrons. The zero-order valence-corrected chi connectivity index (χ0v) is 13.7. The molecule has 0 aromatic heterocycles. The van der Waals surface area contributed by atoms with E-state index >= 15 is 0 Å². The summed E-state index contributed by atoms with van der Waals surface area (Å²) in [5.74, 6) is 0. The largest absolute Gasteiger partial charge is 0.395 e. The van der Waals surface area contributed by atoms with Gasteiger partial charge in [0.05, 0.1) is 19.8 Å². The molecule has 1 saturated heterocycles. The maximum absolute atomic E-state index is 12.2. The second-order valence-electron chi connectivity index (χ2n) is 6.13. The maximum atomic E-state index is 12.2. The van der Waals surface area contributed by atoms with Crippen molar-refractivity contribution in [2.24, 2.45) is 0 Å². The minimum absolute atomic E-state index is 0.00396. The molecule has 6 nitrogen and oxygen atoms in total. The van der Waals surface area contributed by atoms with Gasteiger partial charge in [0, 0.05) is 38.3 Å². The Bertz CT molecular complexity index is 305. The van der Waals surface area contributed by atoms with E-state index < -0.39 is 0 Å². The second-order valence-corrected chi connectivity index (χ2v) is 6.13. The van der Waals surface area contributed by atoms with E-state index in [0.717, 1.165) is 39.1 Å². The van der Waals surface area contributed by atoms with Gasteiger partial charge >= 0.3 is 6.03 Å². The molecule has 2 N–H and O–H groups in total. The normalized spacial score (nSPS) is 16.8. The molecule has 0 aromatic carbocycles. The van der Waals surface area contributed by atoms with Gasteiger partial charge in [-0.15, -0.1) is 0 Å². The molecule has 6 heteroatoms. The van der Waals surface area contributed by atoms with Crippen molar-refractivity contribution in [2.75, 3.05) is 52.5 Å². The van der Waals surface area contributed by atoms with E-state index in [4.69, 9.17) is 9.84 Å². The van der Waals surface area contributed by atoms with Crippen LogP contribution < -0.4 is 5.32 Å². The van der Waals surface area contributed by atoms with E-state index in [9.17, 15) is 4.79 Å². The first-order valence-corrected chi connectivity index (χ1v) is 7.97. The molecule has 2 amide bonds. The minimum Gasteiger partial charge on any atom is -0.395 e. The molecule has 1 aliphatic heterocycles. The first-order chi connectivity index (χ1) is 10.0. The summed E-state index contributed by atoms with van der Waals surface area (Å²) in [4.78, 5) is 16.3. The lowest BCUT2D eigenvalue weighted by molar-refractivity contribution is -0.00908. The number of rotatable bonds is 8. The molecule has 0 unspecified atom stereocenters. The third kappa shape index (κ3) is 6.20. The summed E-state index contributed by atoms with van der Waals surface area (Å²) in [5.41, 5.74) is -0.0882. The number of nitrogens with one attached hydrogen (secondary N) is 1. The Hall–Kier alpha value is -0.850. The number of carbonyl (C=O) groups excluding carboxylic acids is 1. The van der Waals surface area contributed by atoms with E-state index in [1.54, 1.807) is 4.90 Å². The van der Waals surface area contributed by atoms with Crippen molar-refractivity contribution < 1.29 is 14.6 Å². The lowest BCUT2D eigenvalue weighted by atomic mass is 10.0. The van der Waals surface area contributed by atoms with Gasteiger partial charge in [0.15, 0.2) is 0 Å². The standard InChI is InChI=1S/C15H31N3O3/c1-4-5-6-17(7-10-19)14(20)16-13-15(2,3)18-8-11-21-12-9-18/h19H,4-13H2,1-3H3,(H,16,20). The van der Waals surface area contributed by atoms with E-state index in [2.05, 4.69) is 31.0 Å². The molecule has 0 aromatic rings. The smallest absolute Gasteiger partial charge is 0.317 e. The molecule has 21 heavy (non-hydrogen) atoms.